The van der Waals surface area contributed by atoms with Gasteiger partial charge in [0.25, 0.3) is 0 Å². The van der Waals surface area contributed by atoms with E-state index in [0.29, 0.717) is 17.4 Å². The molecule has 78 heavy (non-hydrogen) atoms. The van der Waals surface area contributed by atoms with Crippen molar-refractivity contribution in [1.29, 1.82) is 0 Å². The maximum Gasteiger partial charge on any atom is 0.472 e. The molecule has 0 aromatic rings. The van der Waals surface area contributed by atoms with Gasteiger partial charge < -0.3 is 18.9 Å². The van der Waals surface area contributed by atoms with Gasteiger partial charge in [-0.15, -0.1) is 0 Å². The molecule has 0 rings (SSSR count). The number of nitrogens with zero attached hydrogens (tertiary/aromatic N) is 1. The molecule has 0 aliphatic heterocycles. The van der Waals surface area contributed by atoms with Gasteiger partial charge in [-0.3, -0.25) is 18.6 Å². The molecule has 10 heteroatoms. The van der Waals surface area contributed by atoms with E-state index in [1.54, 1.807) is 0 Å². The van der Waals surface area contributed by atoms with Crippen LogP contribution in [0.5, 0.6) is 0 Å². The monoisotopic (exact) mass is 1110 g/mol. The van der Waals surface area contributed by atoms with Crippen LogP contribution in [0.2, 0.25) is 0 Å². The smallest absolute Gasteiger partial charge is 0.462 e. The molecule has 0 aliphatic carbocycles. The van der Waals surface area contributed by atoms with Crippen molar-refractivity contribution >= 4 is 19.8 Å². The quantitative estimate of drug-likeness (QED) is 0.0211. The summed E-state index contributed by atoms with van der Waals surface area (Å²) in [6.45, 7) is 4.27. The molecule has 2 unspecified atom stereocenters. The maximum atomic E-state index is 12.8. The van der Waals surface area contributed by atoms with Crippen molar-refractivity contribution in [2.45, 2.75) is 290 Å². The van der Waals surface area contributed by atoms with E-state index in [2.05, 4.69) is 98.9 Å². The van der Waals surface area contributed by atoms with Crippen LogP contribution in [0.1, 0.15) is 284 Å². The zero-order chi connectivity index (χ0) is 57.0. The minimum absolute atomic E-state index is 0.0217. The van der Waals surface area contributed by atoms with Crippen LogP contribution in [0, 0.1) is 0 Å². The van der Waals surface area contributed by atoms with Crippen LogP contribution in [0.3, 0.4) is 0 Å². The van der Waals surface area contributed by atoms with Gasteiger partial charge in [0.1, 0.15) is 19.8 Å². The molecule has 0 aromatic heterocycles. The van der Waals surface area contributed by atoms with E-state index in [0.717, 1.165) is 70.6 Å². The van der Waals surface area contributed by atoms with E-state index in [1.165, 1.54) is 180 Å². The summed E-state index contributed by atoms with van der Waals surface area (Å²) >= 11 is 0. The molecule has 0 radical (unpaired) electrons. The number of allylic oxidation sites excluding steroid dienone is 14. The average molecular weight is 1110 g/mol. The molecule has 0 saturated carbocycles. The lowest BCUT2D eigenvalue weighted by Gasteiger charge is -2.24. The molecule has 0 bridgehead atoms. The van der Waals surface area contributed by atoms with Crippen molar-refractivity contribution in [3.8, 4) is 0 Å². The third kappa shape index (κ3) is 62.4. The first-order valence-corrected chi connectivity index (χ1v) is 33.8. The van der Waals surface area contributed by atoms with Crippen LogP contribution >= 0.6 is 7.82 Å². The van der Waals surface area contributed by atoms with Gasteiger partial charge >= 0.3 is 19.8 Å². The number of quaternary nitrogens is 1. The number of unbranched alkanes of at least 4 members (excludes halogenated alkanes) is 31. The fourth-order valence-electron chi connectivity index (χ4n) is 8.96. The largest absolute Gasteiger partial charge is 0.472 e. The first-order chi connectivity index (χ1) is 38.0. The summed E-state index contributed by atoms with van der Waals surface area (Å²) in [5, 5.41) is 0. The predicted octanol–water partition coefficient (Wildman–Crippen LogP) is 20.6. The number of likely N-dealkylation sites (N-methyl/N-ethyl adjacent to an activating group) is 1. The van der Waals surface area contributed by atoms with E-state index in [1.807, 2.05) is 21.1 Å². The van der Waals surface area contributed by atoms with E-state index >= 15 is 0 Å². The Morgan fingerprint density at radius 1 is 0.410 bits per heavy atom. The summed E-state index contributed by atoms with van der Waals surface area (Å²) in [6, 6.07) is 0. The molecular formula is C68H123NO8P+. The van der Waals surface area contributed by atoms with Crippen molar-refractivity contribution < 1.29 is 42.1 Å². The van der Waals surface area contributed by atoms with E-state index in [9.17, 15) is 19.0 Å². The molecular weight excluding hydrogens is 990 g/mol. The number of carbonyl (C=O) groups is 2. The highest BCUT2D eigenvalue weighted by Gasteiger charge is 2.27. The number of rotatable bonds is 59. The summed E-state index contributed by atoms with van der Waals surface area (Å²) in [5.41, 5.74) is 0. The first kappa shape index (κ1) is 75.2. The molecule has 2 atom stereocenters. The second-order valence-electron chi connectivity index (χ2n) is 22.8. The van der Waals surface area contributed by atoms with Crippen LogP contribution in [0.25, 0.3) is 0 Å². The SMILES string of the molecule is CC/C=C\C/C=C\C/C=C\C/C=C\CCCCC(=O)OC(COC(=O)CCCCCCCCCCCCCCCCCCCCCCCCCC/C=C\C/C=C\C/C=C\CCCCCCC)COP(=O)(O)OCC[N+](C)(C)C. The normalized spacial score (nSPS) is 13.8. The molecule has 0 aliphatic rings. The van der Waals surface area contributed by atoms with Crippen molar-refractivity contribution in [1.82, 2.24) is 0 Å². The zero-order valence-corrected chi connectivity index (χ0v) is 52.3. The van der Waals surface area contributed by atoms with Crippen LogP contribution in [-0.2, 0) is 32.7 Å². The van der Waals surface area contributed by atoms with Gasteiger partial charge in [0, 0.05) is 12.8 Å². The molecule has 0 heterocycles. The van der Waals surface area contributed by atoms with Crippen LogP contribution < -0.4 is 0 Å². The van der Waals surface area contributed by atoms with E-state index in [4.69, 9.17) is 18.5 Å². The highest BCUT2D eigenvalue weighted by atomic mass is 31.2. The number of hydrogen-bond acceptors (Lipinski definition) is 7. The molecule has 9 nitrogen and oxygen atoms in total. The average Bonchev–Trinajstić information content (AvgIpc) is 3.41. The Hall–Kier alpha value is -2.81. The summed E-state index contributed by atoms with van der Waals surface area (Å²) in [4.78, 5) is 35.6. The zero-order valence-electron chi connectivity index (χ0n) is 51.4. The highest BCUT2D eigenvalue weighted by molar-refractivity contribution is 7.47. The molecule has 0 saturated heterocycles. The minimum Gasteiger partial charge on any atom is -0.462 e. The van der Waals surface area contributed by atoms with Gasteiger partial charge in [0.2, 0.25) is 0 Å². The van der Waals surface area contributed by atoms with Gasteiger partial charge in [0.15, 0.2) is 6.10 Å². The van der Waals surface area contributed by atoms with Crippen molar-refractivity contribution in [3.63, 3.8) is 0 Å². The summed E-state index contributed by atoms with van der Waals surface area (Å²) in [5.74, 6) is -0.841. The van der Waals surface area contributed by atoms with Crippen LogP contribution in [0.4, 0.5) is 0 Å². The second kappa shape index (κ2) is 58.8. The van der Waals surface area contributed by atoms with Gasteiger partial charge in [-0.1, -0.05) is 266 Å². The molecule has 452 valence electrons. The topological polar surface area (TPSA) is 108 Å². The lowest BCUT2D eigenvalue weighted by atomic mass is 10.0. The Morgan fingerprint density at radius 3 is 1.12 bits per heavy atom. The first-order valence-electron chi connectivity index (χ1n) is 32.3. The fourth-order valence-corrected chi connectivity index (χ4v) is 9.70. The van der Waals surface area contributed by atoms with Crippen molar-refractivity contribution in [2.24, 2.45) is 0 Å². The van der Waals surface area contributed by atoms with Crippen LogP contribution in [0.15, 0.2) is 85.1 Å². The Kier molecular flexibility index (Phi) is 56.7. The number of hydrogen-bond donors (Lipinski definition) is 1. The second-order valence-corrected chi connectivity index (χ2v) is 24.2. The molecule has 0 spiro atoms. The third-order valence-corrected chi connectivity index (χ3v) is 14.9. The molecule has 1 N–H and O–H groups in total. The number of ether oxygens (including phenoxy) is 2. The number of carbonyl (C=O) groups excluding carboxylic acids is 2. The molecule has 0 aromatic carbocycles. The third-order valence-electron chi connectivity index (χ3n) is 13.9. The maximum absolute atomic E-state index is 12.8. The van der Waals surface area contributed by atoms with E-state index < -0.39 is 26.5 Å². The fraction of sp³-hybridized carbons (Fsp3) is 0.765. The summed E-state index contributed by atoms with van der Waals surface area (Å²) in [7, 11) is 1.45. The van der Waals surface area contributed by atoms with Gasteiger partial charge in [-0.05, 0) is 89.9 Å². The number of phosphoric acid groups is 1. The summed E-state index contributed by atoms with van der Waals surface area (Å²) < 4.78 is 34.5. The van der Waals surface area contributed by atoms with Gasteiger partial charge in [-0.25, -0.2) is 4.57 Å². The Bertz CT molecular complexity index is 1590. The molecule has 0 amide bonds. The molecule has 0 fully saturated rings. The summed E-state index contributed by atoms with van der Waals surface area (Å²) in [6.07, 6.45) is 80.0. The predicted molar refractivity (Wildman–Crippen MR) is 335 cm³/mol. The number of esters is 2. The van der Waals surface area contributed by atoms with E-state index in [-0.39, 0.29) is 32.0 Å². The Morgan fingerprint density at radius 2 is 0.731 bits per heavy atom. The number of phosphoric ester groups is 1. The minimum atomic E-state index is -4.40. The Labute approximate surface area is 481 Å². The standard InChI is InChI=1S/C68H122NO8P/c1-6-8-10-12-14-16-18-20-22-23-24-25-26-27-28-29-30-31-32-33-34-35-36-37-38-39-40-41-42-43-44-45-47-48-50-52-54-56-58-60-67(70)74-64-66(65-76-78(72,73)75-63-62-69(3,4)5)77-68(71)61-59-57-55-53-51-49-46-21-19-17-15-13-11-9-7-2/h9,11,15,17-18,20-21,23-24,26-27,46,51,53,66H,6-8,10,12-14,16,19,22,25,28-45,47-50,52,54-65H2,1-5H3/p+1/b11-9-,17-15-,20-18-,24-23-,27-26-,46-21-,53-51-. The van der Waals surface area contributed by atoms with Crippen molar-refractivity contribution in [3.05, 3.63) is 85.1 Å². The lowest BCUT2D eigenvalue weighted by molar-refractivity contribution is -0.870. The van der Waals surface area contributed by atoms with Gasteiger partial charge in [0.05, 0.1) is 27.7 Å². The Balaban J connectivity index is 3.92. The van der Waals surface area contributed by atoms with Crippen molar-refractivity contribution in [2.75, 3.05) is 47.5 Å². The lowest BCUT2D eigenvalue weighted by Crippen LogP contribution is -2.37. The van der Waals surface area contributed by atoms with Gasteiger partial charge in [-0.2, -0.15) is 0 Å². The van der Waals surface area contributed by atoms with Crippen LogP contribution in [-0.4, -0.2) is 74.9 Å². The highest BCUT2D eigenvalue weighted by Crippen LogP contribution is 2.43.